The molecular weight excluding hydrogens is 200 g/mol. The summed E-state index contributed by atoms with van der Waals surface area (Å²) < 4.78 is 0. The maximum atomic E-state index is 5.66. The molecule has 1 unspecified atom stereocenters. The Morgan fingerprint density at radius 3 is 3.15 bits per heavy atom. The Labute approximate surface area is 87.3 Å². The summed E-state index contributed by atoms with van der Waals surface area (Å²) in [6, 6.07) is 4.68. The van der Waals surface area contributed by atoms with E-state index in [1.807, 2.05) is 0 Å². The van der Waals surface area contributed by atoms with Crippen molar-refractivity contribution in [3.05, 3.63) is 22.4 Å². The molecule has 1 aliphatic rings. The number of nitrogens with two attached hydrogens (primary N) is 1. The molecule has 0 aliphatic carbocycles. The minimum absolute atomic E-state index is 0.442. The molecule has 1 aliphatic heterocycles. The van der Waals surface area contributed by atoms with Gasteiger partial charge in [0.25, 0.3) is 0 Å². The highest BCUT2D eigenvalue weighted by atomic mass is 32.1. The van der Waals surface area contributed by atoms with Gasteiger partial charge < -0.3 is 10.6 Å². The van der Waals surface area contributed by atoms with E-state index in [1.165, 1.54) is 17.7 Å². The third-order valence-corrected chi connectivity index (χ3v) is 3.62. The second-order valence-corrected chi connectivity index (χ2v) is 4.60. The molecule has 1 atom stereocenters. The second-order valence-electron chi connectivity index (χ2n) is 3.21. The maximum Gasteiger partial charge on any atom is 0.166 e. The number of hydrogen-bond donors (Lipinski definition) is 1. The Morgan fingerprint density at radius 2 is 2.54 bits per heavy atom. The van der Waals surface area contributed by atoms with Gasteiger partial charge in [-0.05, 0) is 36.5 Å². The Kier molecular flexibility index (Phi) is 2.51. The number of thiophene rings is 1. The SMILES string of the molecule is NC(=S)N1CCCC1c1cccs1. The molecule has 70 valence electrons. The molecule has 1 fully saturated rings. The highest BCUT2D eigenvalue weighted by molar-refractivity contribution is 7.80. The van der Waals surface area contributed by atoms with E-state index in [1.54, 1.807) is 11.3 Å². The van der Waals surface area contributed by atoms with Crippen LogP contribution in [0.25, 0.3) is 0 Å². The van der Waals surface area contributed by atoms with Crippen LogP contribution in [-0.2, 0) is 0 Å². The lowest BCUT2D eigenvalue weighted by atomic mass is 10.2. The van der Waals surface area contributed by atoms with Gasteiger partial charge in [0.2, 0.25) is 0 Å². The van der Waals surface area contributed by atoms with Gasteiger partial charge in [-0.15, -0.1) is 11.3 Å². The standard InChI is InChI=1S/C9H12N2S2/c10-9(12)11-5-1-3-7(11)8-4-2-6-13-8/h2,4,6-7H,1,3,5H2,(H2,10,12). The first-order valence-electron chi connectivity index (χ1n) is 4.38. The van der Waals surface area contributed by atoms with Gasteiger partial charge >= 0.3 is 0 Å². The molecule has 2 heterocycles. The summed E-state index contributed by atoms with van der Waals surface area (Å²) >= 11 is 6.80. The van der Waals surface area contributed by atoms with Crippen LogP contribution in [0.4, 0.5) is 0 Å². The summed E-state index contributed by atoms with van der Waals surface area (Å²) in [5.41, 5.74) is 5.66. The van der Waals surface area contributed by atoms with Crippen LogP contribution < -0.4 is 5.73 Å². The number of thiocarbonyl (C=S) groups is 1. The van der Waals surface area contributed by atoms with Crippen molar-refractivity contribution in [1.29, 1.82) is 0 Å². The predicted molar refractivity (Wildman–Crippen MR) is 59.8 cm³/mol. The van der Waals surface area contributed by atoms with Gasteiger partial charge in [0.05, 0.1) is 6.04 Å². The lowest BCUT2D eigenvalue weighted by Crippen LogP contribution is -2.34. The molecule has 1 aromatic rings. The van der Waals surface area contributed by atoms with Crippen LogP contribution >= 0.6 is 23.6 Å². The zero-order valence-corrected chi connectivity index (χ0v) is 8.90. The zero-order chi connectivity index (χ0) is 9.26. The molecule has 0 bridgehead atoms. The number of likely N-dealkylation sites (tertiary alicyclic amines) is 1. The molecule has 1 saturated heterocycles. The highest BCUT2D eigenvalue weighted by Gasteiger charge is 2.27. The van der Waals surface area contributed by atoms with Gasteiger partial charge in [-0.25, -0.2) is 0 Å². The molecule has 1 aromatic heterocycles. The van der Waals surface area contributed by atoms with Crippen molar-refractivity contribution in [2.45, 2.75) is 18.9 Å². The van der Waals surface area contributed by atoms with Crippen LogP contribution in [0.2, 0.25) is 0 Å². The predicted octanol–water partition coefficient (Wildman–Crippen LogP) is 2.13. The Morgan fingerprint density at radius 1 is 1.69 bits per heavy atom. The van der Waals surface area contributed by atoms with E-state index >= 15 is 0 Å². The van der Waals surface area contributed by atoms with E-state index in [9.17, 15) is 0 Å². The van der Waals surface area contributed by atoms with Gasteiger partial charge in [-0.1, -0.05) is 6.07 Å². The fourth-order valence-corrected chi connectivity index (χ4v) is 2.90. The van der Waals surface area contributed by atoms with Crippen molar-refractivity contribution in [1.82, 2.24) is 4.90 Å². The van der Waals surface area contributed by atoms with Crippen LogP contribution in [0.15, 0.2) is 17.5 Å². The maximum absolute atomic E-state index is 5.66. The minimum Gasteiger partial charge on any atom is -0.376 e. The van der Waals surface area contributed by atoms with E-state index in [2.05, 4.69) is 22.4 Å². The van der Waals surface area contributed by atoms with Crippen LogP contribution in [0.1, 0.15) is 23.8 Å². The van der Waals surface area contributed by atoms with E-state index in [0.29, 0.717) is 11.2 Å². The van der Waals surface area contributed by atoms with Crippen molar-refractivity contribution < 1.29 is 0 Å². The van der Waals surface area contributed by atoms with Crippen LogP contribution in [-0.4, -0.2) is 16.6 Å². The molecular formula is C9H12N2S2. The van der Waals surface area contributed by atoms with Crippen LogP contribution in [0, 0.1) is 0 Å². The molecule has 0 amide bonds. The molecule has 2 N–H and O–H groups in total. The third-order valence-electron chi connectivity index (χ3n) is 2.41. The van der Waals surface area contributed by atoms with Crippen molar-refractivity contribution in [3.63, 3.8) is 0 Å². The molecule has 0 radical (unpaired) electrons. The summed E-state index contributed by atoms with van der Waals surface area (Å²) in [6.45, 7) is 1.01. The quantitative estimate of drug-likeness (QED) is 0.723. The number of hydrogen-bond acceptors (Lipinski definition) is 2. The van der Waals surface area contributed by atoms with E-state index in [0.717, 1.165) is 6.54 Å². The normalized spacial score (nSPS) is 22.2. The van der Waals surface area contributed by atoms with E-state index < -0.39 is 0 Å². The fourth-order valence-electron chi connectivity index (χ4n) is 1.81. The summed E-state index contributed by atoms with van der Waals surface area (Å²) in [7, 11) is 0. The van der Waals surface area contributed by atoms with E-state index in [4.69, 9.17) is 18.0 Å². The number of nitrogens with zero attached hydrogens (tertiary/aromatic N) is 1. The molecule has 2 rings (SSSR count). The Balaban J connectivity index is 2.19. The first kappa shape index (κ1) is 8.97. The largest absolute Gasteiger partial charge is 0.376 e. The third kappa shape index (κ3) is 1.69. The van der Waals surface area contributed by atoms with Gasteiger partial charge in [0, 0.05) is 11.4 Å². The van der Waals surface area contributed by atoms with Gasteiger partial charge in [-0.3, -0.25) is 0 Å². The molecule has 13 heavy (non-hydrogen) atoms. The van der Waals surface area contributed by atoms with E-state index in [-0.39, 0.29) is 0 Å². The average Bonchev–Trinajstić information content (AvgIpc) is 2.74. The zero-order valence-electron chi connectivity index (χ0n) is 7.27. The van der Waals surface area contributed by atoms with Crippen molar-refractivity contribution in [2.75, 3.05) is 6.54 Å². The first-order chi connectivity index (χ1) is 6.29. The lowest BCUT2D eigenvalue weighted by molar-refractivity contribution is 0.409. The smallest absolute Gasteiger partial charge is 0.166 e. The second kappa shape index (κ2) is 3.64. The molecule has 4 heteroatoms. The van der Waals surface area contributed by atoms with Gasteiger partial charge in [0.15, 0.2) is 5.11 Å². The van der Waals surface area contributed by atoms with Gasteiger partial charge in [0.1, 0.15) is 0 Å². The van der Waals surface area contributed by atoms with Gasteiger partial charge in [-0.2, -0.15) is 0 Å². The van der Waals surface area contributed by atoms with Crippen LogP contribution in [0.5, 0.6) is 0 Å². The monoisotopic (exact) mass is 212 g/mol. The summed E-state index contributed by atoms with van der Waals surface area (Å²) in [4.78, 5) is 3.51. The van der Waals surface area contributed by atoms with Crippen molar-refractivity contribution >= 4 is 28.7 Å². The molecule has 2 nitrogen and oxygen atoms in total. The topological polar surface area (TPSA) is 29.3 Å². The lowest BCUT2D eigenvalue weighted by Gasteiger charge is -2.23. The summed E-state index contributed by atoms with van der Waals surface area (Å²) in [6.07, 6.45) is 2.37. The van der Waals surface area contributed by atoms with Crippen molar-refractivity contribution in [3.8, 4) is 0 Å². The molecule has 0 spiro atoms. The minimum atomic E-state index is 0.442. The summed E-state index contributed by atoms with van der Waals surface area (Å²) in [5.74, 6) is 0. The number of rotatable bonds is 1. The Hall–Kier alpha value is -0.610. The average molecular weight is 212 g/mol. The van der Waals surface area contributed by atoms with Crippen LogP contribution in [0.3, 0.4) is 0 Å². The highest BCUT2D eigenvalue weighted by Crippen LogP contribution is 2.33. The molecule has 0 saturated carbocycles. The summed E-state index contributed by atoms with van der Waals surface area (Å²) in [5, 5.41) is 2.64. The Bertz CT molecular complexity index is 295. The first-order valence-corrected chi connectivity index (χ1v) is 5.67. The molecule has 0 aromatic carbocycles. The van der Waals surface area contributed by atoms with Crippen molar-refractivity contribution in [2.24, 2.45) is 5.73 Å². The fraction of sp³-hybridized carbons (Fsp3) is 0.444.